The van der Waals surface area contributed by atoms with E-state index in [1.54, 1.807) is 6.33 Å². The first-order valence-corrected chi connectivity index (χ1v) is 6.37. The Hall–Kier alpha value is -0.900. The lowest BCUT2D eigenvalue weighted by Gasteiger charge is -2.33. The number of H-pyrrole nitrogens is 1. The van der Waals surface area contributed by atoms with Gasteiger partial charge < -0.3 is 5.32 Å². The SMILES string of the molecule is CCC1CCCC(C(NC)c2ncn[nH]2)C1. The summed E-state index contributed by atoms with van der Waals surface area (Å²) in [5.74, 6) is 2.60. The lowest BCUT2D eigenvalue weighted by Crippen LogP contribution is -2.30. The summed E-state index contributed by atoms with van der Waals surface area (Å²) in [7, 11) is 2.02. The fourth-order valence-corrected chi connectivity index (χ4v) is 2.97. The number of hydrogen-bond donors (Lipinski definition) is 2. The summed E-state index contributed by atoms with van der Waals surface area (Å²) in [5.41, 5.74) is 0. The van der Waals surface area contributed by atoms with Gasteiger partial charge in [0.2, 0.25) is 0 Å². The van der Waals surface area contributed by atoms with Crippen molar-refractivity contribution in [1.29, 1.82) is 0 Å². The van der Waals surface area contributed by atoms with Crippen LogP contribution >= 0.6 is 0 Å². The van der Waals surface area contributed by atoms with Gasteiger partial charge in [0, 0.05) is 0 Å². The molecule has 2 rings (SSSR count). The summed E-state index contributed by atoms with van der Waals surface area (Å²) in [4.78, 5) is 4.28. The standard InChI is InChI=1S/C12H22N4/c1-3-9-5-4-6-10(7-9)11(13-2)12-14-8-15-16-12/h8-11,13H,3-7H2,1-2H3,(H,14,15,16). The van der Waals surface area contributed by atoms with Gasteiger partial charge in [-0.05, 0) is 31.7 Å². The van der Waals surface area contributed by atoms with Crippen molar-refractivity contribution in [2.75, 3.05) is 7.05 Å². The molecule has 90 valence electrons. The van der Waals surface area contributed by atoms with Crippen LogP contribution in [0.4, 0.5) is 0 Å². The monoisotopic (exact) mass is 222 g/mol. The van der Waals surface area contributed by atoms with E-state index in [9.17, 15) is 0 Å². The molecular formula is C12H22N4. The van der Waals surface area contributed by atoms with Crippen molar-refractivity contribution in [2.45, 2.75) is 45.1 Å². The van der Waals surface area contributed by atoms with Gasteiger partial charge >= 0.3 is 0 Å². The van der Waals surface area contributed by atoms with Crippen LogP contribution in [0.5, 0.6) is 0 Å². The quantitative estimate of drug-likeness (QED) is 0.821. The molecule has 1 aliphatic rings. The predicted molar refractivity (Wildman–Crippen MR) is 63.9 cm³/mol. The van der Waals surface area contributed by atoms with Gasteiger partial charge in [-0.1, -0.05) is 26.2 Å². The zero-order valence-corrected chi connectivity index (χ0v) is 10.2. The number of nitrogens with zero attached hydrogens (tertiary/aromatic N) is 2. The lowest BCUT2D eigenvalue weighted by atomic mass is 9.76. The maximum Gasteiger partial charge on any atom is 0.141 e. The highest BCUT2D eigenvalue weighted by Crippen LogP contribution is 2.37. The molecule has 0 amide bonds. The van der Waals surface area contributed by atoms with E-state index in [0.717, 1.165) is 11.7 Å². The van der Waals surface area contributed by atoms with Crippen molar-refractivity contribution in [2.24, 2.45) is 11.8 Å². The molecule has 0 bridgehead atoms. The number of rotatable bonds is 4. The summed E-state index contributed by atoms with van der Waals surface area (Å²) in [6, 6.07) is 0.344. The molecule has 2 N–H and O–H groups in total. The summed E-state index contributed by atoms with van der Waals surface area (Å²) < 4.78 is 0. The lowest BCUT2D eigenvalue weighted by molar-refractivity contribution is 0.210. The first-order valence-electron chi connectivity index (χ1n) is 6.37. The Morgan fingerprint density at radius 2 is 2.44 bits per heavy atom. The first-order chi connectivity index (χ1) is 7.85. The predicted octanol–water partition coefficient (Wildman–Crippen LogP) is 2.28. The minimum atomic E-state index is 0.344. The molecule has 0 aliphatic heterocycles. The Morgan fingerprint density at radius 1 is 1.56 bits per heavy atom. The molecule has 4 heteroatoms. The maximum absolute atomic E-state index is 4.28. The zero-order chi connectivity index (χ0) is 11.4. The molecule has 1 saturated carbocycles. The van der Waals surface area contributed by atoms with E-state index in [4.69, 9.17) is 0 Å². The Kier molecular flexibility index (Phi) is 3.93. The fraction of sp³-hybridized carbons (Fsp3) is 0.833. The van der Waals surface area contributed by atoms with E-state index in [0.29, 0.717) is 12.0 Å². The Balaban J connectivity index is 2.03. The van der Waals surface area contributed by atoms with Crippen LogP contribution in [0, 0.1) is 11.8 Å². The second kappa shape index (κ2) is 5.43. The third-order valence-corrected chi connectivity index (χ3v) is 3.91. The van der Waals surface area contributed by atoms with Crippen molar-refractivity contribution in [3.63, 3.8) is 0 Å². The number of hydrogen-bond acceptors (Lipinski definition) is 3. The third kappa shape index (κ3) is 2.43. The van der Waals surface area contributed by atoms with Crippen molar-refractivity contribution in [1.82, 2.24) is 20.5 Å². The second-order valence-corrected chi connectivity index (χ2v) is 4.84. The van der Waals surface area contributed by atoms with Crippen LogP contribution in [0.15, 0.2) is 6.33 Å². The second-order valence-electron chi connectivity index (χ2n) is 4.84. The van der Waals surface area contributed by atoms with Gasteiger partial charge in [-0.3, -0.25) is 5.10 Å². The molecule has 1 heterocycles. The topological polar surface area (TPSA) is 53.6 Å². The molecule has 16 heavy (non-hydrogen) atoms. The van der Waals surface area contributed by atoms with Crippen LogP contribution in [-0.2, 0) is 0 Å². The van der Waals surface area contributed by atoms with Crippen LogP contribution in [0.25, 0.3) is 0 Å². The van der Waals surface area contributed by atoms with Gasteiger partial charge in [0.05, 0.1) is 6.04 Å². The number of aromatic nitrogens is 3. The Morgan fingerprint density at radius 3 is 3.06 bits per heavy atom. The van der Waals surface area contributed by atoms with Crippen LogP contribution < -0.4 is 5.32 Å². The summed E-state index contributed by atoms with van der Waals surface area (Å²) >= 11 is 0. The van der Waals surface area contributed by atoms with E-state index in [-0.39, 0.29) is 0 Å². The summed E-state index contributed by atoms with van der Waals surface area (Å²) in [6.45, 7) is 2.30. The van der Waals surface area contributed by atoms with Crippen molar-refractivity contribution in [3.05, 3.63) is 12.2 Å². The van der Waals surface area contributed by atoms with E-state index >= 15 is 0 Å². The highest BCUT2D eigenvalue weighted by molar-refractivity contribution is 4.96. The Bertz CT molecular complexity index is 296. The van der Waals surface area contributed by atoms with Gasteiger partial charge in [0.25, 0.3) is 0 Å². The van der Waals surface area contributed by atoms with Gasteiger partial charge in [-0.15, -0.1) is 0 Å². The fourth-order valence-electron chi connectivity index (χ4n) is 2.97. The maximum atomic E-state index is 4.28. The molecule has 0 spiro atoms. The van der Waals surface area contributed by atoms with E-state index in [1.165, 1.54) is 32.1 Å². The van der Waals surface area contributed by atoms with Crippen molar-refractivity contribution < 1.29 is 0 Å². The average Bonchev–Trinajstić information content (AvgIpc) is 2.84. The van der Waals surface area contributed by atoms with Crippen LogP contribution in [0.1, 0.15) is 50.9 Å². The average molecular weight is 222 g/mol. The highest BCUT2D eigenvalue weighted by atomic mass is 15.2. The molecular weight excluding hydrogens is 200 g/mol. The first kappa shape index (κ1) is 11.6. The van der Waals surface area contributed by atoms with Gasteiger partial charge in [-0.2, -0.15) is 5.10 Å². The summed E-state index contributed by atoms with van der Waals surface area (Å²) in [6.07, 6.45) is 8.30. The van der Waals surface area contributed by atoms with E-state index in [2.05, 4.69) is 27.4 Å². The normalized spacial score (nSPS) is 27.9. The van der Waals surface area contributed by atoms with Crippen LogP contribution in [-0.4, -0.2) is 22.2 Å². The number of nitrogens with one attached hydrogen (secondary N) is 2. The van der Waals surface area contributed by atoms with E-state index < -0.39 is 0 Å². The number of aromatic amines is 1. The molecule has 3 unspecified atom stereocenters. The molecule has 0 radical (unpaired) electrons. The smallest absolute Gasteiger partial charge is 0.141 e. The summed E-state index contributed by atoms with van der Waals surface area (Å²) in [5, 5.41) is 10.3. The van der Waals surface area contributed by atoms with Crippen LogP contribution in [0.3, 0.4) is 0 Å². The molecule has 1 aromatic heterocycles. The zero-order valence-electron chi connectivity index (χ0n) is 10.2. The van der Waals surface area contributed by atoms with Gasteiger partial charge in [0.15, 0.2) is 0 Å². The molecule has 0 saturated heterocycles. The minimum absolute atomic E-state index is 0.344. The highest BCUT2D eigenvalue weighted by Gasteiger charge is 2.29. The molecule has 0 aromatic carbocycles. The van der Waals surface area contributed by atoms with Gasteiger partial charge in [-0.25, -0.2) is 4.98 Å². The molecule has 3 atom stereocenters. The molecule has 1 aliphatic carbocycles. The van der Waals surface area contributed by atoms with Crippen LogP contribution in [0.2, 0.25) is 0 Å². The van der Waals surface area contributed by atoms with Crippen molar-refractivity contribution >= 4 is 0 Å². The Labute approximate surface area is 97.2 Å². The largest absolute Gasteiger partial charge is 0.310 e. The molecule has 1 fully saturated rings. The van der Waals surface area contributed by atoms with E-state index in [1.807, 2.05) is 7.05 Å². The third-order valence-electron chi connectivity index (χ3n) is 3.91. The van der Waals surface area contributed by atoms with Gasteiger partial charge in [0.1, 0.15) is 12.2 Å². The molecule has 1 aromatic rings. The van der Waals surface area contributed by atoms with Crippen molar-refractivity contribution in [3.8, 4) is 0 Å². The molecule has 4 nitrogen and oxygen atoms in total. The minimum Gasteiger partial charge on any atom is -0.310 e.